The first-order chi connectivity index (χ1) is 12.4. The molecule has 2 amide bonds. The average Bonchev–Trinajstić information content (AvgIpc) is 2.95. The summed E-state index contributed by atoms with van der Waals surface area (Å²) in [5.41, 5.74) is 2.22. The number of hydrogen-bond acceptors (Lipinski definition) is 6. The fourth-order valence-corrected chi connectivity index (χ4v) is 3.96. The maximum Gasteiger partial charge on any atom is 0.271 e. The predicted octanol–water partition coefficient (Wildman–Crippen LogP) is 0.875. The quantitative estimate of drug-likeness (QED) is 0.690. The highest BCUT2D eigenvalue weighted by Gasteiger charge is 2.16. The second-order valence-corrected chi connectivity index (χ2v) is 6.95. The number of aryl methyl sites for hydroxylation is 2. The van der Waals surface area contributed by atoms with E-state index in [2.05, 4.69) is 20.6 Å². The Balaban J connectivity index is 1.89. The largest absolute Gasteiger partial charge is 0.355 e. The molecule has 3 aromatic heterocycles. The molecule has 0 spiro atoms. The number of likely N-dealkylation sites (N-methyl/N-ethyl adjacent to an activating group) is 1. The van der Waals surface area contributed by atoms with Gasteiger partial charge in [0, 0.05) is 17.6 Å². The minimum Gasteiger partial charge on any atom is -0.355 e. The highest BCUT2D eigenvalue weighted by molar-refractivity contribution is 7.25. The van der Waals surface area contributed by atoms with Crippen molar-refractivity contribution in [1.29, 1.82) is 0 Å². The minimum absolute atomic E-state index is 0.123. The minimum atomic E-state index is -0.425. The fourth-order valence-electron chi connectivity index (χ4n) is 2.76. The molecule has 0 aliphatic heterocycles. The Hall–Kier alpha value is -2.81. The topological polar surface area (TPSA) is 106 Å². The first kappa shape index (κ1) is 18.0. The molecule has 3 heterocycles. The van der Waals surface area contributed by atoms with Crippen LogP contribution in [0, 0.1) is 13.8 Å². The van der Waals surface area contributed by atoms with Crippen LogP contribution in [0.1, 0.15) is 18.2 Å². The highest BCUT2D eigenvalue weighted by Crippen LogP contribution is 2.31. The van der Waals surface area contributed by atoms with Crippen molar-refractivity contribution in [1.82, 2.24) is 25.2 Å². The summed E-state index contributed by atoms with van der Waals surface area (Å²) in [6.07, 6.45) is 1.36. The van der Waals surface area contributed by atoms with Crippen molar-refractivity contribution < 1.29 is 9.59 Å². The first-order valence-corrected chi connectivity index (χ1v) is 9.01. The Morgan fingerprint density at radius 3 is 2.73 bits per heavy atom. The first-order valence-electron chi connectivity index (χ1n) is 8.20. The number of carbonyl (C=O) groups is 2. The average molecular weight is 373 g/mol. The van der Waals surface area contributed by atoms with Gasteiger partial charge in [0.15, 0.2) is 0 Å². The molecule has 0 aromatic carbocycles. The van der Waals surface area contributed by atoms with Crippen molar-refractivity contribution >= 4 is 43.6 Å². The molecule has 0 radical (unpaired) electrons. The zero-order valence-corrected chi connectivity index (χ0v) is 15.6. The summed E-state index contributed by atoms with van der Waals surface area (Å²) >= 11 is 1.28. The zero-order valence-electron chi connectivity index (χ0n) is 14.8. The van der Waals surface area contributed by atoms with Gasteiger partial charge in [-0.2, -0.15) is 0 Å². The Kier molecular flexibility index (Phi) is 4.99. The Morgan fingerprint density at radius 1 is 1.23 bits per heavy atom. The molecule has 2 N–H and O–H groups in total. The standard InChI is InChI=1S/C17H19N5O3S/c1-4-18-11(23)6-19-12(24)7-22-8-20-14-13-9(2)5-10(3)21-16(13)26-15(14)17(22)25/h5,8H,4,6-7H2,1-3H3,(H,18,23)(H,19,24). The van der Waals surface area contributed by atoms with E-state index in [-0.39, 0.29) is 24.6 Å². The van der Waals surface area contributed by atoms with Gasteiger partial charge in [0.05, 0.1) is 18.4 Å². The van der Waals surface area contributed by atoms with E-state index >= 15 is 0 Å². The maximum atomic E-state index is 12.7. The molecule has 0 unspecified atom stereocenters. The van der Waals surface area contributed by atoms with Gasteiger partial charge in [-0.3, -0.25) is 19.0 Å². The molecule has 9 heteroatoms. The van der Waals surface area contributed by atoms with E-state index in [1.807, 2.05) is 19.9 Å². The van der Waals surface area contributed by atoms with Gasteiger partial charge in [-0.1, -0.05) is 0 Å². The number of aromatic nitrogens is 3. The summed E-state index contributed by atoms with van der Waals surface area (Å²) in [6.45, 7) is 5.84. The van der Waals surface area contributed by atoms with E-state index in [1.165, 1.54) is 22.2 Å². The molecular weight excluding hydrogens is 354 g/mol. The van der Waals surface area contributed by atoms with Gasteiger partial charge in [0.25, 0.3) is 5.56 Å². The third-order valence-electron chi connectivity index (χ3n) is 3.88. The van der Waals surface area contributed by atoms with Gasteiger partial charge in [-0.15, -0.1) is 11.3 Å². The van der Waals surface area contributed by atoms with Gasteiger partial charge >= 0.3 is 0 Å². The van der Waals surface area contributed by atoms with Crippen LogP contribution in [0.15, 0.2) is 17.2 Å². The lowest BCUT2D eigenvalue weighted by Gasteiger charge is -2.07. The van der Waals surface area contributed by atoms with Crippen LogP contribution in [-0.4, -0.2) is 39.4 Å². The van der Waals surface area contributed by atoms with E-state index in [0.717, 1.165) is 21.5 Å². The van der Waals surface area contributed by atoms with E-state index < -0.39 is 5.91 Å². The lowest BCUT2D eigenvalue weighted by molar-refractivity contribution is -0.126. The maximum absolute atomic E-state index is 12.7. The lowest BCUT2D eigenvalue weighted by Crippen LogP contribution is -2.39. The number of fused-ring (bicyclic) bond motifs is 3. The number of nitrogens with zero attached hydrogens (tertiary/aromatic N) is 3. The summed E-state index contributed by atoms with van der Waals surface area (Å²) in [5.74, 6) is -0.700. The molecule has 0 fully saturated rings. The molecule has 8 nitrogen and oxygen atoms in total. The summed E-state index contributed by atoms with van der Waals surface area (Å²) in [4.78, 5) is 45.7. The predicted molar refractivity (Wildman–Crippen MR) is 100 cm³/mol. The van der Waals surface area contributed by atoms with Crippen molar-refractivity contribution in [3.63, 3.8) is 0 Å². The van der Waals surface area contributed by atoms with Crippen molar-refractivity contribution in [2.75, 3.05) is 13.1 Å². The zero-order chi connectivity index (χ0) is 18.8. The summed E-state index contributed by atoms with van der Waals surface area (Å²) < 4.78 is 1.72. The van der Waals surface area contributed by atoms with Gasteiger partial charge < -0.3 is 10.6 Å². The molecule has 26 heavy (non-hydrogen) atoms. The number of nitrogens with one attached hydrogen (secondary N) is 2. The van der Waals surface area contributed by atoms with Crippen molar-refractivity contribution in [3.05, 3.63) is 34.0 Å². The van der Waals surface area contributed by atoms with Crippen LogP contribution in [0.4, 0.5) is 0 Å². The van der Waals surface area contributed by atoms with Crippen molar-refractivity contribution in [2.45, 2.75) is 27.3 Å². The number of rotatable bonds is 5. The number of amides is 2. The van der Waals surface area contributed by atoms with E-state index in [0.29, 0.717) is 16.8 Å². The van der Waals surface area contributed by atoms with Gasteiger partial charge in [0.1, 0.15) is 16.1 Å². The summed E-state index contributed by atoms with van der Waals surface area (Å²) in [6, 6.07) is 1.95. The number of thiophene rings is 1. The van der Waals surface area contributed by atoms with Crippen LogP contribution in [0.2, 0.25) is 0 Å². The van der Waals surface area contributed by atoms with E-state index in [9.17, 15) is 14.4 Å². The van der Waals surface area contributed by atoms with Crippen LogP contribution in [0.5, 0.6) is 0 Å². The smallest absolute Gasteiger partial charge is 0.271 e. The molecule has 0 saturated heterocycles. The van der Waals surface area contributed by atoms with E-state index in [4.69, 9.17) is 0 Å². The van der Waals surface area contributed by atoms with Crippen LogP contribution >= 0.6 is 11.3 Å². The fraction of sp³-hybridized carbons (Fsp3) is 0.353. The second-order valence-electron chi connectivity index (χ2n) is 5.95. The molecule has 0 aliphatic rings. The third-order valence-corrected chi connectivity index (χ3v) is 4.94. The summed E-state index contributed by atoms with van der Waals surface area (Å²) in [7, 11) is 0. The molecule has 0 saturated carbocycles. The molecule has 0 bridgehead atoms. The third kappa shape index (κ3) is 3.43. The lowest BCUT2D eigenvalue weighted by atomic mass is 10.1. The number of carbonyl (C=O) groups excluding carboxylic acids is 2. The molecular formula is C17H19N5O3S. The second kappa shape index (κ2) is 7.20. The van der Waals surface area contributed by atoms with E-state index in [1.54, 1.807) is 6.92 Å². The molecule has 3 rings (SSSR count). The van der Waals surface area contributed by atoms with Crippen LogP contribution in [-0.2, 0) is 16.1 Å². The summed E-state index contributed by atoms with van der Waals surface area (Å²) in [5, 5.41) is 5.95. The van der Waals surface area contributed by atoms with Crippen LogP contribution < -0.4 is 16.2 Å². The van der Waals surface area contributed by atoms with Gasteiger partial charge in [-0.05, 0) is 32.4 Å². The van der Waals surface area contributed by atoms with Gasteiger partial charge in [-0.25, -0.2) is 9.97 Å². The Bertz CT molecular complexity index is 1070. The molecule has 136 valence electrons. The Morgan fingerprint density at radius 2 is 2.00 bits per heavy atom. The molecule has 0 atom stereocenters. The molecule has 0 aliphatic carbocycles. The number of hydrogen-bond donors (Lipinski definition) is 2. The SMILES string of the molecule is CCNC(=O)CNC(=O)Cn1cnc2c(sc3nc(C)cc(C)c32)c1=O. The van der Waals surface area contributed by atoms with Crippen LogP contribution in [0.3, 0.4) is 0 Å². The molecule has 3 aromatic rings. The number of pyridine rings is 1. The normalized spacial score (nSPS) is 11.0. The highest BCUT2D eigenvalue weighted by atomic mass is 32.1. The Labute approximate surface area is 153 Å². The van der Waals surface area contributed by atoms with Gasteiger partial charge in [0.2, 0.25) is 11.8 Å². The van der Waals surface area contributed by atoms with Crippen LogP contribution in [0.25, 0.3) is 20.4 Å². The van der Waals surface area contributed by atoms with Crippen molar-refractivity contribution in [3.8, 4) is 0 Å². The monoisotopic (exact) mass is 373 g/mol. The van der Waals surface area contributed by atoms with Crippen molar-refractivity contribution in [2.24, 2.45) is 0 Å².